The molecule has 0 N–H and O–H groups in total. The van der Waals surface area contributed by atoms with Crippen LogP contribution in [0.5, 0.6) is 0 Å². The Morgan fingerprint density at radius 2 is 0.779 bits per heavy atom. The van der Waals surface area contributed by atoms with Crippen LogP contribution in [0.2, 0.25) is 0 Å². The Labute approximate surface area is 391 Å². The summed E-state index contributed by atoms with van der Waals surface area (Å²) in [5.74, 6) is 1.78. The molecule has 0 aliphatic rings. The fourth-order valence-electron chi connectivity index (χ4n) is 10.7. The van der Waals surface area contributed by atoms with Gasteiger partial charge in [0.25, 0.3) is 0 Å². The normalized spacial score (nSPS) is 11.8. The van der Waals surface area contributed by atoms with E-state index in [2.05, 4.69) is 221 Å². The summed E-state index contributed by atoms with van der Waals surface area (Å²) in [5, 5.41) is 12.1. The van der Waals surface area contributed by atoms with Crippen LogP contribution in [0.3, 0.4) is 0 Å². The van der Waals surface area contributed by atoms with Crippen LogP contribution in [0, 0.1) is 0 Å². The molecule has 68 heavy (non-hydrogen) atoms. The highest BCUT2D eigenvalue weighted by atomic mass is 15.2. The van der Waals surface area contributed by atoms with Crippen molar-refractivity contribution >= 4 is 75.9 Å². The number of fused-ring (bicyclic) bond motifs is 13. The van der Waals surface area contributed by atoms with E-state index in [1.54, 1.807) is 0 Å². The van der Waals surface area contributed by atoms with Crippen LogP contribution >= 0.6 is 0 Å². The van der Waals surface area contributed by atoms with Gasteiger partial charge in [-0.3, -0.25) is 4.57 Å². The predicted octanol–water partition coefficient (Wildman–Crippen LogP) is 16.2. The zero-order valence-electron chi connectivity index (χ0n) is 36.8. The summed E-state index contributed by atoms with van der Waals surface area (Å²) in [6, 6.07) is 84.6. The minimum absolute atomic E-state index is 0.561. The van der Waals surface area contributed by atoms with Gasteiger partial charge in [0.15, 0.2) is 11.6 Å². The molecule has 0 spiro atoms. The van der Waals surface area contributed by atoms with Crippen molar-refractivity contribution in [1.82, 2.24) is 24.1 Å². The number of hydrogen-bond acceptors (Lipinski definition) is 3. The molecular formula is C63H39N5. The minimum atomic E-state index is 0.561. The second-order valence-corrected chi connectivity index (χ2v) is 17.5. The van der Waals surface area contributed by atoms with Crippen molar-refractivity contribution in [3.63, 3.8) is 0 Å². The van der Waals surface area contributed by atoms with Gasteiger partial charge in [-0.2, -0.15) is 9.97 Å². The molecule has 14 rings (SSSR count). The van der Waals surface area contributed by atoms with Gasteiger partial charge in [-0.25, -0.2) is 4.98 Å². The van der Waals surface area contributed by atoms with Crippen LogP contribution in [-0.2, 0) is 0 Å². The molecule has 0 aliphatic carbocycles. The molecule has 11 aromatic carbocycles. The Morgan fingerprint density at radius 1 is 0.265 bits per heavy atom. The summed E-state index contributed by atoms with van der Waals surface area (Å²) in [6.07, 6.45) is 0. The van der Waals surface area contributed by atoms with Gasteiger partial charge >= 0.3 is 0 Å². The summed E-state index contributed by atoms with van der Waals surface area (Å²) >= 11 is 0. The Kier molecular flexibility index (Phi) is 8.52. The van der Waals surface area contributed by atoms with Gasteiger partial charge in [-0.1, -0.05) is 200 Å². The number of benzene rings is 11. The maximum Gasteiger partial charge on any atom is 0.238 e. The van der Waals surface area contributed by atoms with E-state index in [4.69, 9.17) is 15.0 Å². The minimum Gasteiger partial charge on any atom is -0.309 e. The fraction of sp³-hybridized carbons (Fsp3) is 0. The van der Waals surface area contributed by atoms with Gasteiger partial charge in [-0.05, 0) is 85.4 Å². The smallest absolute Gasteiger partial charge is 0.238 e. The molecular weight excluding hydrogens is 827 g/mol. The third kappa shape index (κ3) is 5.86. The van der Waals surface area contributed by atoms with Crippen molar-refractivity contribution in [2.75, 3.05) is 0 Å². The first-order valence-electron chi connectivity index (χ1n) is 23.1. The lowest BCUT2D eigenvalue weighted by atomic mass is 9.92. The molecule has 0 bridgehead atoms. The molecule has 5 nitrogen and oxygen atoms in total. The highest BCUT2D eigenvalue weighted by molar-refractivity contribution is 6.27. The molecule has 0 amide bonds. The fourth-order valence-corrected chi connectivity index (χ4v) is 10.7. The summed E-state index contributed by atoms with van der Waals surface area (Å²) < 4.78 is 4.72. The summed E-state index contributed by atoms with van der Waals surface area (Å²) in [4.78, 5) is 16.0. The lowest BCUT2D eigenvalue weighted by Crippen LogP contribution is -2.06. The van der Waals surface area contributed by atoms with Crippen molar-refractivity contribution in [2.24, 2.45) is 0 Å². The van der Waals surface area contributed by atoms with Crippen LogP contribution in [-0.4, -0.2) is 24.1 Å². The quantitative estimate of drug-likeness (QED) is 0.156. The summed E-state index contributed by atoms with van der Waals surface area (Å²) in [6.45, 7) is 0. The molecule has 316 valence electrons. The van der Waals surface area contributed by atoms with E-state index in [-0.39, 0.29) is 0 Å². The molecule has 0 fully saturated rings. The second kappa shape index (κ2) is 15.2. The van der Waals surface area contributed by atoms with E-state index in [1.807, 2.05) is 24.3 Å². The molecule has 0 saturated carbocycles. The largest absolute Gasteiger partial charge is 0.309 e. The number of rotatable bonds is 6. The molecule has 0 aliphatic heterocycles. The third-order valence-electron chi connectivity index (χ3n) is 13.8. The highest BCUT2D eigenvalue weighted by Crippen LogP contribution is 2.44. The molecule has 0 atom stereocenters. The Hall–Kier alpha value is -9.19. The van der Waals surface area contributed by atoms with Gasteiger partial charge in [0.2, 0.25) is 5.95 Å². The third-order valence-corrected chi connectivity index (χ3v) is 13.8. The van der Waals surface area contributed by atoms with Crippen LogP contribution in [0.15, 0.2) is 237 Å². The van der Waals surface area contributed by atoms with Crippen LogP contribution < -0.4 is 0 Å². The van der Waals surface area contributed by atoms with Gasteiger partial charge in [0, 0.05) is 38.2 Å². The number of nitrogens with zero attached hydrogens (tertiary/aromatic N) is 5. The lowest BCUT2D eigenvalue weighted by molar-refractivity contribution is 0.955. The van der Waals surface area contributed by atoms with E-state index in [9.17, 15) is 0 Å². The van der Waals surface area contributed by atoms with Crippen molar-refractivity contribution in [2.45, 2.75) is 0 Å². The molecule has 3 heterocycles. The zero-order chi connectivity index (χ0) is 44.7. The van der Waals surface area contributed by atoms with Gasteiger partial charge in [-0.15, -0.1) is 0 Å². The summed E-state index contributed by atoms with van der Waals surface area (Å²) in [5.41, 5.74) is 11.8. The van der Waals surface area contributed by atoms with E-state index >= 15 is 0 Å². The van der Waals surface area contributed by atoms with Crippen molar-refractivity contribution in [3.05, 3.63) is 237 Å². The van der Waals surface area contributed by atoms with Gasteiger partial charge in [0.1, 0.15) is 0 Å². The standard InChI is InChI=1S/C63H39N5/c1-3-18-40(19-4-1)42-22-17-23-44(38-42)62-64-61(41-20-5-2-6-21-41)65-63(66-62)68-56-32-15-12-29-51(56)52-36-37-58-59(60(52)68)53-30-13-16-33-57(53)67(58)55-31-14-11-24-45(55)43-34-35-50-48-27-8-7-25-46(48)47-26-9-10-28-49(47)54(50)39-43/h1-39H. The molecule has 0 unspecified atom stereocenters. The van der Waals surface area contributed by atoms with Gasteiger partial charge in [0.05, 0.1) is 27.8 Å². The van der Waals surface area contributed by atoms with E-state index in [0.29, 0.717) is 17.6 Å². The van der Waals surface area contributed by atoms with Gasteiger partial charge < -0.3 is 4.57 Å². The first-order valence-corrected chi connectivity index (χ1v) is 23.1. The molecule has 0 radical (unpaired) electrons. The molecule has 0 saturated heterocycles. The van der Waals surface area contributed by atoms with E-state index < -0.39 is 0 Å². The van der Waals surface area contributed by atoms with Crippen LogP contribution in [0.25, 0.3) is 133 Å². The molecule has 3 aromatic heterocycles. The van der Waals surface area contributed by atoms with E-state index in [1.165, 1.54) is 32.3 Å². The number of aromatic nitrogens is 5. The predicted molar refractivity (Wildman–Crippen MR) is 283 cm³/mol. The van der Waals surface area contributed by atoms with Crippen LogP contribution in [0.4, 0.5) is 0 Å². The second-order valence-electron chi connectivity index (χ2n) is 17.5. The van der Waals surface area contributed by atoms with Crippen molar-refractivity contribution in [3.8, 4) is 56.7 Å². The number of hydrogen-bond donors (Lipinski definition) is 0. The van der Waals surface area contributed by atoms with E-state index in [0.717, 1.165) is 82.7 Å². The molecule has 14 aromatic rings. The maximum atomic E-state index is 5.41. The Balaban J connectivity index is 1.04. The monoisotopic (exact) mass is 865 g/mol. The average molecular weight is 866 g/mol. The molecule has 5 heteroatoms. The summed E-state index contributed by atoms with van der Waals surface area (Å²) in [7, 11) is 0. The topological polar surface area (TPSA) is 48.5 Å². The number of para-hydroxylation sites is 3. The lowest BCUT2D eigenvalue weighted by Gasteiger charge is -2.16. The Morgan fingerprint density at radius 3 is 1.50 bits per heavy atom. The maximum absolute atomic E-state index is 5.41. The van der Waals surface area contributed by atoms with Crippen molar-refractivity contribution in [1.29, 1.82) is 0 Å². The first kappa shape index (κ1) is 38.1. The highest BCUT2D eigenvalue weighted by Gasteiger charge is 2.24. The van der Waals surface area contributed by atoms with Crippen LogP contribution in [0.1, 0.15) is 0 Å². The Bertz CT molecular complexity index is 4280. The average Bonchev–Trinajstić information content (AvgIpc) is 3.94. The zero-order valence-corrected chi connectivity index (χ0v) is 36.8. The van der Waals surface area contributed by atoms with Crippen molar-refractivity contribution < 1.29 is 0 Å². The SMILES string of the molecule is c1ccc(-c2cccc(-c3nc(-c4ccccc4)nc(-n4c5ccccc5c5ccc6c(c7ccccc7n6-c6ccccc6-c6ccc7c8ccccc8c8ccccc8c7c6)c54)n3)c2)cc1. The first-order chi connectivity index (χ1) is 33.7.